The number of aromatic nitrogens is 2. The summed E-state index contributed by atoms with van der Waals surface area (Å²) in [6.45, 7) is 3.95. The normalized spacial score (nSPS) is 16.5. The van der Waals surface area contributed by atoms with E-state index in [1.807, 2.05) is 59.7 Å². The van der Waals surface area contributed by atoms with Gasteiger partial charge in [-0.05, 0) is 68.0 Å². The highest BCUT2D eigenvalue weighted by Gasteiger charge is 2.43. The van der Waals surface area contributed by atoms with E-state index in [0.29, 0.717) is 28.0 Å². The number of benzene rings is 2. The van der Waals surface area contributed by atoms with Crippen LogP contribution < -0.4 is 24.4 Å². The molecule has 1 aliphatic heterocycles. The lowest BCUT2D eigenvalue weighted by atomic mass is 9.96. The van der Waals surface area contributed by atoms with Crippen molar-refractivity contribution >= 4 is 28.7 Å². The molecule has 40 heavy (non-hydrogen) atoms. The minimum Gasteiger partial charge on any atom is -0.497 e. The van der Waals surface area contributed by atoms with E-state index >= 15 is 0 Å². The van der Waals surface area contributed by atoms with E-state index in [1.54, 1.807) is 33.6 Å². The first-order valence-electron chi connectivity index (χ1n) is 12.5. The molecule has 0 aliphatic carbocycles. The molecule has 0 saturated carbocycles. The fraction of sp³-hybridized carbons (Fsp3) is 0.241. The van der Waals surface area contributed by atoms with Gasteiger partial charge in [0.2, 0.25) is 0 Å². The third-order valence-electron chi connectivity index (χ3n) is 7.15. The quantitative estimate of drug-likeness (QED) is 0.168. The Bertz CT molecular complexity index is 1590. The van der Waals surface area contributed by atoms with Crippen molar-refractivity contribution in [1.82, 2.24) is 14.9 Å². The van der Waals surface area contributed by atoms with Gasteiger partial charge in [0.25, 0.3) is 5.69 Å². The minimum absolute atomic E-state index is 0.0236. The van der Waals surface area contributed by atoms with Crippen LogP contribution in [0.1, 0.15) is 34.7 Å². The number of anilines is 1. The molecule has 1 saturated heterocycles. The Morgan fingerprint density at radius 2 is 1.73 bits per heavy atom. The van der Waals surface area contributed by atoms with E-state index in [-0.39, 0.29) is 17.8 Å². The van der Waals surface area contributed by atoms with Gasteiger partial charge in [-0.25, -0.2) is 0 Å². The average molecular weight is 560 g/mol. The van der Waals surface area contributed by atoms with Crippen LogP contribution in [0.25, 0.3) is 5.69 Å². The maximum Gasteiger partial charge on any atom is 0.271 e. The predicted octanol–water partition coefficient (Wildman–Crippen LogP) is 5.60. The molecule has 0 unspecified atom stereocenters. The molecule has 0 bridgehead atoms. The highest BCUT2D eigenvalue weighted by molar-refractivity contribution is 7.80. The lowest BCUT2D eigenvalue weighted by Gasteiger charge is -2.29. The number of nitrogens with zero attached hydrogens (tertiary/aromatic N) is 4. The minimum atomic E-state index is -0.411. The van der Waals surface area contributed by atoms with Gasteiger partial charge in [-0.1, -0.05) is 6.07 Å². The average Bonchev–Trinajstić information content (AvgIpc) is 3.46. The Kier molecular flexibility index (Phi) is 7.31. The number of nitrogens with one attached hydrogen (secondary N) is 1. The molecule has 0 radical (unpaired) electrons. The van der Waals surface area contributed by atoms with E-state index in [1.165, 1.54) is 12.1 Å². The summed E-state index contributed by atoms with van der Waals surface area (Å²) in [5.74, 6) is 1.78. The van der Waals surface area contributed by atoms with E-state index in [2.05, 4.69) is 16.4 Å². The lowest BCUT2D eigenvalue weighted by molar-refractivity contribution is -0.384. The van der Waals surface area contributed by atoms with Crippen molar-refractivity contribution in [3.63, 3.8) is 0 Å². The maximum absolute atomic E-state index is 11.6. The topological polar surface area (TPSA) is 104 Å². The Hall–Kier alpha value is -4.64. The third kappa shape index (κ3) is 4.58. The third-order valence-corrected chi connectivity index (χ3v) is 7.46. The predicted molar refractivity (Wildman–Crippen MR) is 156 cm³/mol. The van der Waals surface area contributed by atoms with Gasteiger partial charge in [0, 0.05) is 35.8 Å². The molecule has 1 fully saturated rings. The smallest absolute Gasteiger partial charge is 0.271 e. The number of ether oxygens (including phenoxy) is 3. The molecule has 10 nitrogen and oxygen atoms in total. The fourth-order valence-electron chi connectivity index (χ4n) is 5.34. The molecule has 11 heteroatoms. The van der Waals surface area contributed by atoms with Gasteiger partial charge in [0.05, 0.1) is 55.4 Å². The Balaban J connectivity index is 1.73. The van der Waals surface area contributed by atoms with E-state index in [0.717, 1.165) is 28.3 Å². The van der Waals surface area contributed by atoms with Crippen molar-refractivity contribution in [2.75, 3.05) is 26.2 Å². The second-order valence-corrected chi connectivity index (χ2v) is 9.70. The maximum atomic E-state index is 11.6. The number of thiocarbonyl (C=S) groups is 1. The molecule has 1 aliphatic rings. The van der Waals surface area contributed by atoms with Gasteiger partial charge >= 0.3 is 0 Å². The summed E-state index contributed by atoms with van der Waals surface area (Å²) in [7, 11) is 4.76. The molecule has 5 rings (SSSR count). The summed E-state index contributed by atoms with van der Waals surface area (Å²) in [5, 5.41) is 15.6. The lowest BCUT2D eigenvalue weighted by Crippen LogP contribution is -2.30. The number of aryl methyl sites for hydroxylation is 1. The molecule has 0 spiro atoms. The number of rotatable bonds is 8. The van der Waals surface area contributed by atoms with Crippen molar-refractivity contribution < 1.29 is 19.1 Å². The molecule has 0 amide bonds. The van der Waals surface area contributed by atoms with Crippen LogP contribution in [0.15, 0.2) is 66.9 Å². The van der Waals surface area contributed by atoms with Gasteiger partial charge in [0.1, 0.15) is 17.2 Å². The largest absolute Gasteiger partial charge is 0.497 e. The number of hydrogen-bond donors (Lipinski definition) is 1. The number of nitro benzene ring substituents is 1. The van der Waals surface area contributed by atoms with Crippen molar-refractivity contribution in [1.29, 1.82) is 0 Å². The molecule has 1 N–H and O–H groups in total. The second-order valence-electron chi connectivity index (χ2n) is 9.31. The Morgan fingerprint density at radius 1 is 0.950 bits per heavy atom. The fourth-order valence-corrected chi connectivity index (χ4v) is 5.68. The van der Waals surface area contributed by atoms with Gasteiger partial charge in [-0.2, -0.15) is 0 Å². The molecular formula is C29H29N5O5S. The molecule has 4 aromatic rings. The zero-order valence-electron chi connectivity index (χ0n) is 22.7. The zero-order chi connectivity index (χ0) is 28.6. The van der Waals surface area contributed by atoms with Gasteiger partial charge in [-0.15, -0.1) is 0 Å². The van der Waals surface area contributed by atoms with Crippen LogP contribution in [-0.2, 0) is 0 Å². The van der Waals surface area contributed by atoms with Crippen LogP contribution in [0, 0.1) is 24.0 Å². The van der Waals surface area contributed by atoms with Crippen molar-refractivity contribution in [2.45, 2.75) is 25.9 Å². The van der Waals surface area contributed by atoms with Crippen LogP contribution in [0.2, 0.25) is 0 Å². The number of methoxy groups -OCH3 is 3. The number of hydrogen-bond acceptors (Lipinski definition) is 7. The summed E-state index contributed by atoms with van der Waals surface area (Å²) in [4.78, 5) is 17.9. The van der Waals surface area contributed by atoms with E-state index < -0.39 is 4.92 Å². The van der Waals surface area contributed by atoms with Crippen molar-refractivity contribution in [3.05, 3.63) is 99.6 Å². The van der Waals surface area contributed by atoms with Gasteiger partial charge in [-0.3, -0.25) is 15.1 Å². The summed E-state index contributed by atoms with van der Waals surface area (Å²) < 4.78 is 18.8. The SMILES string of the molecule is COc1ccc(N2C(=S)N[C@@H](c3ccccn3)[C@@H]2c2cc(C)n(-c3cc([N+](=O)[O-])ccc3OC)c2C)c(OC)c1. The molecule has 2 aromatic carbocycles. The second kappa shape index (κ2) is 10.9. The van der Waals surface area contributed by atoms with Crippen molar-refractivity contribution in [3.8, 4) is 22.9 Å². The number of pyridine rings is 1. The summed E-state index contributed by atoms with van der Waals surface area (Å²) in [6.07, 6.45) is 1.75. The Morgan fingerprint density at radius 3 is 2.38 bits per heavy atom. The first kappa shape index (κ1) is 26.9. The summed E-state index contributed by atoms with van der Waals surface area (Å²) in [5.41, 5.74) is 4.87. The highest BCUT2D eigenvalue weighted by Crippen LogP contribution is 2.47. The number of nitro groups is 1. The van der Waals surface area contributed by atoms with Crippen LogP contribution >= 0.6 is 12.2 Å². The monoisotopic (exact) mass is 559 g/mol. The van der Waals surface area contributed by atoms with E-state index in [4.69, 9.17) is 26.4 Å². The first-order chi connectivity index (χ1) is 19.3. The molecule has 3 heterocycles. The zero-order valence-corrected chi connectivity index (χ0v) is 23.6. The van der Waals surface area contributed by atoms with Crippen LogP contribution in [0.4, 0.5) is 11.4 Å². The van der Waals surface area contributed by atoms with Crippen LogP contribution in [0.3, 0.4) is 0 Å². The van der Waals surface area contributed by atoms with Crippen molar-refractivity contribution in [2.24, 2.45) is 0 Å². The highest BCUT2D eigenvalue weighted by atomic mass is 32.1. The molecule has 206 valence electrons. The van der Waals surface area contributed by atoms with Gasteiger partial charge < -0.3 is 29.0 Å². The van der Waals surface area contributed by atoms with E-state index in [9.17, 15) is 10.1 Å². The Labute approximate surface area is 237 Å². The molecular weight excluding hydrogens is 530 g/mol. The van der Waals surface area contributed by atoms with Crippen LogP contribution in [0.5, 0.6) is 17.2 Å². The van der Waals surface area contributed by atoms with Crippen LogP contribution in [-0.4, -0.2) is 40.9 Å². The number of non-ortho nitro benzene ring substituents is 1. The summed E-state index contributed by atoms with van der Waals surface area (Å²) >= 11 is 5.91. The standard InChI is InChI=1S/C29H29N5O5S/c1-17-14-21(18(2)32(17)24-15-19(34(35)36)9-12-25(24)38-4)28-27(22-8-6-7-13-30-22)31-29(40)33(28)23-11-10-20(37-3)16-26(23)39-5/h6-16,27-28H,1-5H3,(H,31,40)/t27-,28-/m0/s1. The summed E-state index contributed by atoms with van der Waals surface area (Å²) in [6, 6.07) is 17.4. The first-order valence-corrected chi connectivity index (χ1v) is 12.9. The molecule has 2 aromatic heterocycles. The molecule has 2 atom stereocenters. The van der Waals surface area contributed by atoms with Gasteiger partial charge in [0.15, 0.2) is 5.11 Å².